The van der Waals surface area contributed by atoms with Gasteiger partial charge in [-0.3, -0.25) is 4.79 Å². The highest BCUT2D eigenvalue weighted by molar-refractivity contribution is 6.14. The van der Waals surface area contributed by atoms with Crippen LogP contribution in [0.5, 0.6) is 23.0 Å². The zero-order chi connectivity index (χ0) is 23.5. The van der Waals surface area contributed by atoms with Crippen LogP contribution in [0.15, 0.2) is 66.4 Å². The fourth-order valence-corrected chi connectivity index (χ4v) is 3.35. The van der Waals surface area contributed by atoms with Crippen LogP contribution in [0.1, 0.15) is 26.3 Å². The number of ether oxygens (including phenoxy) is 4. The van der Waals surface area contributed by atoms with Crippen LogP contribution in [0, 0.1) is 5.21 Å². The van der Waals surface area contributed by atoms with Crippen LogP contribution in [0.25, 0.3) is 6.08 Å². The van der Waals surface area contributed by atoms with E-state index in [1.807, 2.05) is 0 Å². The minimum Gasteiger partial charge on any atom is -0.595 e. The van der Waals surface area contributed by atoms with Crippen molar-refractivity contribution >= 4 is 23.5 Å². The SMILES string of the molecule is COc1cccc(OC)c1C(=O)Oc1ccc2c(c1)OC(=Cc1cccc([NH+]([O-])O)c1)C2=O. The van der Waals surface area contributed by atoms with Crippen molar-refractivity contribution in [1.82, 2.24) is 0 Å². The third kappa shape index (κ3) is 4.41. The van der Waals surface area contributed by atoms with Gasteiger partial charge in [-0.25, -0.2) is 10.0 Å². The summed E-state index contributed by atoms with van der Waals surface area (Å²) in [5, 5.41) is 19.2. The summed E-state index contributed by atoms with van der Waals surface area (Å²) in [6.07, 6.45) is 1.46. The van der Waals surface area contributed by atoms with Crippen LogP contribution in [-0.2, 0) is 0 Å². The highest BCUT2D eigenvalue weighted by Crippen LogP contribution is 2.36. The van der Waals surface area contributed by atoms with Gasteiger partial charge in [0.15, 0.2) is 11.4 Å². The number of carbonyl (C=O) groups is 2. The van der Waals surface area contributed by atoms with E-state index < -0.39 is 11.2 Å². The van der Waals surface area contributed by atoms with Crippen molar-refractivity contribution in [3.63, 3.8) is 0 Å². The first-order chi connectivity index (χ1) is 15.9. The lowest BCUT2D eigenvalue weighted by molar-refractivity contribution is -0.991. The van der Waals surface area contributed by atoms with Gasteiger partial charge in [0.25, 0.3) is 0 Å². The van der Waals surface area contributed by atoms with E-state index in [4.69, 9.17) is 24.2 Å². The van der Waals surface area contributed by atoms with Gasteiger partial charge in [0.1, 0.15) is 28.6 Å². The molecule has 33 heavy (non-hydrogen) atoms. The van der Waals surface area contributed by atoms with Crippen molar-refractivity contribution < 1.29 is 39.0 Å². The number of fused-ring (bicyclic) bond motifs is 1. The van der Waals surface area contributed by atoms with Gasteiger partial charge in [0, 0.05) is 18.2 Å². The second kappa shape index (κ2) is 9.13. The topological polar surface area (TPSA) is 119 Å². The number of methoxy groups -OCH3 is 2. The molecule has 1 unspecified atom stereocenters. The molecule has 3 aromatic rings. The van der Waals surface area contributed by atoms with Crippen molar-refractivity contribution in [2.75, 3.05) is 14.2 Å². The van der Waals surface area contributed by atoms with E-state index in [2.05, 4.69) is 0 Å². The van der Waals surface area contributed by atoms with Gasteiger partial charge < -0.3 is 24.2 Å². The third-order valence-corrected chi connectivity index (χ3v) is 4.92. The predicted molar refractivity (Wildman–Crippen MR) is 116 cm³/mol. The molecular weight excluding hydrogens is 430 g/mol. The van der Waals surface area contributed by atoms with Crippen LogP contribution < -0.4 is 24.2 Å². The van der Waals surface area contributed by atoms with E-state index in [9.17, 15) is 14.8 Å². The Labute approximate surface area is 188 Å². The molecule has 1 aliphatic rings. The number of carbonyl (C=O) groups excluding carboxylic acids is 2. The molecule has 0 saturated carbocycles. The van der Waals surface area contributed by atoms with Crippen LogP contribution in [-0.4, -0.2) is 31.2 Å². The molecule has 0 radical (unpaired) electrons. The summed E-state index contributed by atoms with van der Waals surface area (Å²) in [6, 6.07) is 15.4. The fourth-order valence-electron chi connectivity index (χ4n) is 3.35. The number of hydrogen-bond donors (Lipinski definition) is 2. The Morgan fingerprint density at radius 3 is 2.39 bits per heavy atom. The Morgan fingerprint density at radius 1 is 1.03 bits per heavy atom. The molecule has 0 fully saturated rings. The normalized spacial score (nSPS) is 14.4. The van der Waals surface area contributed by atoms with E-state index in [1.165, 1.54) is 50.6 Å². The smallest absolute Gasteiger partial charge is 0.351 e. The highest BCUT2D eigenvalue weighted by Gasteiger charge is 2.29. The molecule has 0 saturated heterocycles. The summed E-state index contributed by atoms with van der Waals surface area (Å²) >= 11 is 0. The molecule has 1 aliphatic heterocycles. The Hall–Kier alpha value is -4.18. The van der Waals surface area contributed by atoms with Crippen LogP contribution in [0.3, 0.4) is 0 Å². The van der Waals surface area contributed by atoms with Crippen LogP contribution in [0.4, 0.5) is 5.69 Å². The second-order valence-electron chi connectivity index (χ2n) is 6.96. The van der Waals surface area contributed by atoms with Gasteiger partial charge in [0.05, 0.1) is 19.8 Å². The maximum atomic E-state index is 12.8. The van der Waals surface area contributed by atoms with Crippen molar-refractivity contribution in [3.8, 4) is 23.0 Å². The van der Waals surface area contributed by atoms with Gasteiger partial charge >= 0.3 is 5.97 Å². The van der Waals surface area contributed by atoms with Crippen LogP contribution in [0.2, 0.25) is 0 Å². The molecule has 0 aromatic heterocycles. The molecule has 1 atom stereocenters. The molecule has 1 heterocycles. The van der Waals surface area contributed by atoms with Gasteiger partial charge in [-0.2, -0.15) is 5.23 Å². The van der Waals surface area contributed by atoms with E-state index in [0.717, 1.165) is 0 Å². The molecule has 0 bridgehead atoms. The number of allylic oxidation sites excluding steroid dienone is 1. The summed E-state index contributed by atoms with van der Waals surface area (Å²) in [6.45, 7) is 0. The lowest BCUT2D eigenvalue weighted by Crippen LogP contribution is -2.99. The molecule has 0 aliphatic carbocycles. The number of esters is 1. The Balaban J connectivity index is 1.58. The molecule has 168 valence electrons. The van der Waals surface area contributed by atoms with Gasteiger partial charge in [0.2, 0.25) is 5.78 Å². The van der Waals surface area contributed by atoms with E-state index in [0.29, 0.717) is 22.6 Å². The minimum absolute atomic E-state index is 0.0300. The number of nitrogens with one attached hydrogen (secondary N) is 1. The van der Waals surface area contributed by atoms with E-state index >= 15 is 0 Å². The maximum absolute atomic E-state index is 12.8. The Morgan fingerprint density at radius 2 is 1.73 bits per heavy atom. The Bertz CT molecular complexity index is 1240. The second-order valence-corrected chi connectivity index (χ2v) is 6.96. The van der Waals surface area contributed by atoms with Crippen molar-refractivity contribution in [2.45, 2.75) is 0 Å². The summed E-state index contributed by atoms with van der Waals surface area (Å²) in [5.74, 6) is -0.0692. The summed E-state index contributed by atoms with van der Waals surface area (Å²) in [5.41, 5.74) is 1.01. The van der Waals surface area contributed by atoms with E-state index in [1.54, 1.807) is 30.3 Å². The van der Waals surface area contributed by atoms with Gasteiger partial charge in [-0.05, 0) is 35.9 Å². The summed E-state index contributed by atoms with van der Waals surface area (Å²) in [7, 11) is 2.86. The lowest BCUT2D eigenvalue weighted by Gasteiger charge is -2.12. The van der Waals surface area contributed by atoms with Crippen molar-refractivity contribution in [3.05, 3.63) is 88.3 Å². The number of rotatable bonds is 6. The average Bonchev–Trinajstić information content (AvgIpc) is 3.12. The first-order valence-corrected chi connectivity index (χ1v) is 9.76. The maximum Gasteiger partial charge on any atom is 0.351 e. The summed E-state index contributed by atoms with van der Waals surface area (Å²) < 4.78 is 21.6. The molecule has 2 N–H and O–H groups in total. The highest BCUT2D eigenvalue weighted by atomic mass is 16.8. The predicted octanol–water partition coefficient (Wildman–Crippen LogP) is 2.94. The summed E-state index contributed by atoms with van der Waals surface area (Å²) in [4.78, 5) is 25.5. The largest absolute Gasteiger partial charge is 0.595 e. The van der Waals surface area contributed by atoms with Crippen LogP contribution >= 0.6 is 0 Å². The molecule has 0 spiro atoms. The standard InChI is InChI=1S/C24H19NO8/c1-30-18-7-4-8-19(31-2)22(18)24(27)32-16-9-10-17-20(13-16)33-21(23(17)26)12-14-5-3-6-15(11-14)25(28)29/h3-13,25,28H,1-2H3. The lowest BCUT2D eigenvalue weighted by atomic mass is 10.1. The van der Waals surface area contributed by atoms with E-state index in [-0.39, 0.29) is 34.3 Å². The number of ketones is 1. The van der Waals surface area contributed by atoms with Gasteiger partial charge in [-0.1, -0.05) is 18.2 Å². The quantitative estimate of drug-likeness (QED) is 0.255. The number of Topliss-reactive ketones (excluding diaryl/α,β-unsaturated/α-hetero) is 1. The fraction of sp³-hybridized carbons (Fsp3) is 0.0833. The zero-order valence-corrected chi connectivity index (χ0v) is 17.7. The molecular formula is C24H19NO8. The molecule has 9 nitrogen and oxygen atoms in total. The van der Waals surface area contributed by atoms with Crippen molar-refractivity contribution in [1.29, 1.82) is 0 Å². The first-order valence-electron chi connectivity index (χ1n) is 9.76. The molecule has 3 aromatic carbocycles. The van der Waals surface area contributed by atoms with Gasteiger partial charge in [-0.15, -0.1) is 0 Å². The zero-order valence-electron chi connectivity index (χ0n) is 17.7. The number of quaternary nitrogens is 1. The molecule has 0 amide bonds. The molecule has 9 heteroatoms. The third-order valence-electron chi connectivity index (χ3n) is 4.92. The first kappa shape index (κ1) is 22.0. The monoisotopic (exact) mass is 449 g/mol. The minimum atomic E-state index is -1.07. The molecule has 4 rings (SSSR count). The number of hydrogen-bond acceptors (Lipinski definition) is 8. The average molecular weight is 449 g/mol. The number of benzene rings is 3. The van der Waals surface area contributed by atoms with Crippen molar-refractivity contribution in [2.24, 2.45) is 0 Å². The Kier molecular flexibility index (Phi) is 6.09.